The Morgan fingerprint density at radius 3 is 2.46 bits per heavy atom. The molecule has 0 atom stereocenters. The average Bonchev–Trinajstić information content (AvgIpc) is 3.10. The smallest absolute Gasteiger partial charge is 0.434 e. The average molecular weight is 424 g/mol. The molecule has 0 unspecified atom stereocenters. The number of nitrogens with one attached hydrogen (secondary N) is 3. The molecule has 4 rings (SSSR count). The number of hydrogen-bond donors (Lipinski definition) is 3. The summed E-state index contributed by atoms with van der Waals surface area (Å²) in [6.45, 7) is 0.167. The van der Waals surface area contributed by atoms with E-state index in [1.54, 1.807) is 12.1 Å². The van der Waals surface area contributed by atoms with Gasteiger partial charge in [-0.05, 0) is 37.8 Å². The molecule has 9 nitrogen and oxygen atoms in total. The maximum atomic E-state index is 12.0. The molecule has 0 bridgehead atoms. The fourth-order valence-electron chi connectivity index (χ4n) is 3.08. The first-order chi connectivity index (χ1) is 13.5. The predicted molar refractivity (Wildman–Crippen MR) is 102 cm³/mol. The van der Waals surface area contributed by atoms with Gasteiger partial charge in [0.05, 0.1) is 16.6 Å². The topological polar surface area (TPSA) is 126 Å². The summed E-state index contributed by atoms with van der Waals surface area (Å²) in [7, 11) is 0. The van der Waals surface area contributed by atoms with Crippen LogP contribution in [0.2, 0.25) is 10.0 Å². The molecule has 1 aromatic carbocycles. The first kappa shape index (κ1) is 18.6. The quantitative estimate of drug-likeness (QED) is 0.575. The number of hydrogen-bond acceptors (Lipinski definition) is 7. The van der Waals surface area contributed by atoms with Crippen molar-refractivity contribution in [3.8, 4) is 11.6 Å². The van der Waals surface area contributed by atoms with Gasteiger partial charge in [0.15, 0.2) is 5.75 Å². The molecule has 3 aromatic rings. The number of fused-ring (bicyclic) bond motifs is 1. The van der Waals surface area contributed by atoms with Gasteiger partial charge in [-0.15, -0.1) is 10.2 Å². The second-order valence-corrected chi connectivity index (χ2v) is 7.07. The Bertz CT molecular complexity index is 1110. The highest BCUT2D eigenvalue weighted by molar-refractivity contribution is 6.37. The molecule has 3 N–H and O–H groups in total. The summed E-state index contributed by atoms with van der Waals surface area (Å²) in [5.74, 6) is 0.111. The number of ether oxygens (including phenoxy) is 1. The van der Waals surface area contributed by atoms with Gasteiger partial charge in [0, 0.05) is 16.8 Å². The monoisotopic (exact) mass is 423 g/mol. The van der Waals surface area contributed by atoms with E-state index in [0.717, 1.165) is 18.4 Å². The highest BCUT2D eigenvalue weighted by Gasteiger charge is 2.21. The van der Waals surface area contributed by atoms with Crippen molar-refractivity contribution >= 4 is 28.9 Å². The summed E-state index contributed by atoms with van der Waals surface area (Å²) in [5, 5.41) is 15.9. The van der Waals surface area contributed by atoms with Crippen LogP contribution in [-0.4, -0.2) is 20.4 Å². The molecular formula is C17H15Cl2N5O4. The zero-order chi connectivity index (χ0) is 19.7. The van der Waals surface area contributed by atoms with E-state index in [4.69, 9.17) is 32.4 Å². The molecule has 0 saturated carbocycles. The van der Waals surface area contributed by atoms with Crippen LogP contribution in [0.4, 0.5) is 5.69 Å². The summed E-state index contributed by atoms with van der Waals surface area (Å²) in [4.78, 5) is 22.9. The van der Waals surface area contributed by atoms with Crippen LogP contribution in [0, 0.1) is 0 Å². The van der Waals surface area contributed by atoms with E-state index in [2.05, 4.69) is 25.7 Å². The Morgan fingerprint density at radius 1 is 1.07 bits per heavy atom. The van der Waals surface area contributed by atoms with Gasteiger partial charge < -0.3 is 14.5 Å². The van der Waals surface area contributed by atoms with Gasteiger partial charge in [0.1, 0.15) is 0 Å². The number of nitrogens with zero attached hydrogens (tertiary/aromatic N) is 2. The van der Waals surface area contributed by atoms with Crippen molar-refractivity contribution in [2.75, 3.05) is 5.32 Å². The third kappa shape index (κ3) is 3.76. The van der Waals surface area contributed by atoms with Crippen LogP contribution in [0.5, 0.6) is 11.6 Å². The Kier molecular flexibility index (Phi) is 5.10. The van der Waals surface area contributed by atoms with Crippen molar-refractivity contribution in [2.24, 2.45) is 0 Å². The maximum absolute atomic E-state index is 12.0. The van der Waals surface area contributed by atoms with Crippen molar-refractivity contribution in [1.29, 1.82) is 0 Å². The summed E-state index contributed by atoms with van der Waals surface area (Å²) in [5.41, 5.74) is 1.88. The molecule has 28 heavy (non-hydrogen) atoms. The second-order valence-electron chi connectivity index (χ2n) is 6.25. The number of benzene rings is 1. The van der Waals surface area contributed by atoms with E-state index < -0.39 is 5.76 Å². The lowest BCUT2D eigenvalue weighted by atomic mass is 9.94. The van der Waals surface area contributed by atoms with Gasteiger partial charge in [-0.1, -0.05) is 23.2 Å². The molecule has 0 saturated heterocycles. The molecule has 2 aromatic heterocycles. The van der Waals surface area contributed by atoms with Crippen LogP contribution in [0.3, 0.4) is 0 Å². The third-order valence-corrected chi connectivity index (χ3v) is 4.94. The van der Waals surface area contributed by atoms with Crippen LogP contribution in [0.1, 0.15) is 29.9 Å². The van der Waals surface area contributed by atoms with Gasteiger partial charge >= 0.3 is 5.76 Å². The fraction of sp³-hybridized carbons (Fsp3) is 0.294. The van der Waals surface area contributed by atoms with Crippen molar-refractivity contribution in [3.05, 3.63) is 60.1 Å². The standard InChI is InChI=1S/C17H15Cl2N5O4/c18-11-5-8(20-7-13-21-24-17(26)27-13)6-12(19)14(11)28-16-10-4-2-1-3-9(10)15(25)22-23-16/h5-6,20H,1-4,7H2,(H,22,25)(H,24,26). The van der Waals surface area contributed by atoms with E-state index >= 15 is 0 Å². The summed E-state index contributed by atoms with van der Waals surface area (Å²) in [6.07, 6.45) is 3.32. The number of halogens is 2. The summed E-state index contributed by atoms with van der Waals surface area (Å²) < 4.78 is 10.7. The minimum atomic E-state index is -0.631. The van der Waals surface area contributed by atoms with Crippen LogP contribution in [-0.2, 0) is 19.4 Å². The number of anilines is 1. The van der Waals surface area contributed by atoms with Gasteiger partial charge in [-0.2, -0.15) is 0 Å². The Labute approximate surface area is 168 Å². The maximum Gasteiger partial charge on any atom is 0.434 e. The molecule has 0 amide bonds. The van der Waals surface area contributed by atoms with E-state index in [9.17, 15) is 9.59 Å². The fourth-order valence-corrected chi connectivity index (χ4v) is 3.65. The lowest BCUT2D eigenvalue weighted by molar-refractivity contribution is 0.440. The van der Waals surface area contributed by atoms with Crippen molar-refractivity contribution in [3.63, 3.8) is 0 Å². The molecule has 0 aliphatic heterocycles. The number of rotatable bonds is 5. The van der Waals surface area contributed by atoms with Crippen LogP contribution >= 0.6 is 23.2 Å². The predicted octanol–water partition coefficient (Wildman–Crippen LogP) is 3.04. The van der Waals surface area contributed by atoms with Crippen molar-refractivity contribution in [2.45, 2.75) is 32.2 Å². The normalized spacial score (nSPS) is 13.2. The lowest BCUT2D eigenvalue weighted by Crippen LogP contribution is -2.21. The minimum Gasteiger partial charge on any atom is -0.434 e. The van der Waals surface area contributed by atoms with Gasteiger partial charge in [-0.3, -0.25) is 4.79 Å². The van der Waals surface area contributed by atoms with Crippen molar-refractivity contribution in [1.82, 2.24) is 20.4 Å². The SMILES string of the molecule is O=c1[nH]nc(CNc2cc(Cl)c(Oc3n[nH]c(=O)c4c3CCCC4)c(Cl)c2)o1. The van der Waals surface area contributed by atoms with Gasteiger partial charge in [0.2, 0.25) is 11.8 Å². The van der Waals surface area contributed by atoms with E-state index in [1.807, 2.05) is 0 Å². The zero-order valence-corrected chi connectivity index (χ0v) is 16.0. The lowest BCUT2D eigenvalue weighted by Gasteiger charge is -2.18. The van der Waals surface area contributed by atoms with Gasteiger partial charge in [-0.25, -0.2) is 15.0 Å². The molecule has 1 aliphatic rings. The molecule has 2 heterocycles. The third-order valence-electron chi connectivity index (χ3n) is 4.38. The molecule has 0 radical (unpaired) electrons. The number of aromatic amines is 2. The summed E-state index contributed by atoms with van der Waals surface area (Å²) >= 11 is 12.7. The summed E-state index contributed by atoms with van der Waals surface area (Å²) in [6, 6.07) is 3.23. The number of H-pyrrole nitrogens is 2. The Hall–Kier alpha value is -2.78. The number of aromatic nitrogens is 4. The van der Waals surface area contributed by atoms with E-state index in [0.29, 0.717) is 30.0 Å². The molecule has 0 fully saturated rings. The molecule has 0 spiro atoms. The van der Waals surface area contributed by atoms with Crippen molar-refractivity contribution < 1.29 is 9.15 Å². The molecular weight excluding hydrogens is 409 g/mol. The molecule has 146 valence electrons. The van der Waals surface area contributed by atoms with Crippen LogP contribution in [0.25, 0.3) is 0 Å². The molecule has 11 heteroatoms. The van der Waals surface area contributed by atoms with Gasteiger partial charge in [0.25, 0.3) is 5.56 Å². The largest absolute Gasteiger partial charge is 0.434 e. The van der Waals surface area contributed by atoms with E-state index in [-0.39, 0.29) is 33.8 Å². The first-order valence-corrected chi connectivity index (χ1v) is 9.32. The van der Waals surface area contributed by atoms with E-state index in [1.165, 1.54) is 0 Å². The zero-order valence-electron chi connectivity index (χ0n) is 14.5. The highest BCUT2D eigenvalue weighted by atomic mass is 35.5. The first-order valence-electron chi connectivity index (χ1n) is 8.57. The Morgan fingerprint density at radius 2 is 1.79 bits per heavy atom. The van der Waals surface area contributed by atoms with Crippen LogP contribution < -0.4 is 21.4 Å². The van der Waals surface area contributed by atoms with Crippen LogP contribution in [0.15, 0.2) is 26.1 Å². The Balaban J connectivity index is 1.57. The second kappa shape index (κ2) is 7.69. The highest BCUT2D eigenvalue weighted by Crippen LogP contribution is 2.40. The molecule has 1 aliphatic carbocycles. The minimum absolute atomic E-state index is 0.167.